The number of fused-ring (bicyclic) bond motifs is 1. The fourth-order valence-electron chi connectivity index (χ4n) is 2.94. The van der Waals surface area contributed by atoms with Crippen molar-refractivity contribution < 1.29 is 13.6 Å². The standard InChI is InChI=1S/C17H19F2N3O/c1-10(12-7-6-11-4-2-3-5-13(11)8-12)20-17(23)15-9-14(16(18)19)21-22-15/h6-10,16H,2-5H2,1H3,(H,20,23)(H,21,22)/t10-/m0/s1. The van der Waals surface area contributed by atoms with Gasteiger partial charge in [-0.05, 0) is 55.4 Å². The molecule has 0 spiro atoms. The topological polar surface area (TPSA) is 57.8 Å². The number of nitrogens with zero attached hydrogens (tertiary/aromatic N) is 1. The maximum atomic E-state index is 12.5. The highest BCUT2D eigenvalue weighted by Crippen LogP contribution is 2.25. The molecule has 0 saturated heterocycles. The van der Waals surface area contributed by atoms with E-state index < -0.39 is 12.3 Å². The third-order valence-corrected chi connectivity index (χ3v) is 4.29. The minimum Gasteiger partial charge on any atom is -0.344 e. The van der Waals surface area contributed by atoms with Gasteiger partial charge in [0, 0.05) is 0 Å². The van der Waals surface area contributed by atoms with Gasteiger partial charge in [-0.2, -0.15) is 5.10 Å². The van der Waals surface area contributed by atoms with Crippen LogP contribution in [0, 0.1) is 0 Å². The van der Waals surface area contributed by atoms with Gasteiger partial charge in [0.15, 0.2) is 0 Å². The van der Waals surface area contributed by atoms with Crippen LogP contribution >= 0.6 is 0 Å². The molecule has 1 atom stereocenters. The van der Waals surface area contributed by atoms with Crippen molar-refractivity contribution >= 4 is 5.91 Å². The lowest BCUT2D eigenvalue weighted by Crippen LogP contribution is -2.27. The Morgan fingerprint density at radius 1 is 1.22 bits per heavy atom. The number of carbonyl (C=O) groups is 1. The Morgan fingerprint density at radius 3 is 2.65 bits per heavy atom. The normalized spacial score (nSPS) is 15.3. The SMILES string of the molecule is C[C@H](NC(=O)c1cc(C(F)F)[nH]n1)c1ccc2c(c1)CCCC2. The molecule has 1 aromatic heterocycles. The maximum Gasteiger partial charge on any atom is 0.279 e. The molecule has 3 rings (SSSR count). The first-order chi connectivity index (χ1) is 11.0. The third kappa shape index (κ3) is 3.41. The number of rotatable bonds is 4. The first-order valence-corrected chi connectivity index (χ1v) is 7.80. The number of benzene rings is 1. The van der Waals surface area contributed by atoms with E-state index in [0.29, 0.717) is 0 Å². The number of amides is 1. The summed E-state index contributed by atoms with van der Waals surface area (Å²) < 4.78 is 25.1. The Morgan fingerprint density at radius 2 is 1.96 bits per heavy atom. The van der Waals surface area contributed by atoms with E-state index in [1.807, 2.05) is 13.0 Å². The molecule has 0 unspecified atom stereocenters. The Bertz CT molecular complexity index is 712. The van der Waals surface area contributed by atoms with Crippen molar-refractivity contribution in [1.29, 1.82) is 0 Å². The zero-order chi connectivity index (χ0) is 16.4. The molecule has 1 aliphatic carbocycles. The van der Waals surface area contributed by atoms with Crippen molar-refractivity contribution in [3.63, 3.8) is 0 Å². The molecule has 1 aliphatic rings. The number of aryl methyl sites for hydroxylation is 2. The molecule has 1 amide bonds. The van der Waals surface area contributed by atoms with Gasteiger partial charge in [-0.1, -0.05) is 18.2 Å². The second-order valence-electron chi connectivity index (χ2n) is 5.94. The highest BCUT2D eigenvalue weighted by atomic mass is 19.3. The second-order valence-corrected chi connectivity index (χ2v) is 5.94. The molecule has 0 saturated carbocycles. The van der Waals surface area contributed by atoms with E-state index in [1.165, 1.54) is 24.0 Å². The zero-order valence-corrected chi connectivity index (χ0v) is 12.9. The van der Waals surface area contributed by atoms with E-state index in [0.717, 1.165) is 24.5 Å². The van der Waals surface area contributed by atoms with Crippen molar-refractivity contribution in [2.24, 2.45) is 0 Å². The van der Waals surface area contributed by atoms with E-state index in [1.54, 1.807) is 0 Å². The first-order valence-electron chi connectivity index (χ1n) is 7.80. The van der Waals surface area contributed by atoms with Crippen molar-refractivity contribution in [2.75, 3.05) is 0 Å². The molecular weight excluding hydrogens is 300 g/mol. The molecule has 0 bridgehead atoms. The Balaban J connectivity index is 1.70. The van der Waals surface area contributed by atoms with Crippen LogP contribution in [0.5, 0.6) is 0 Å². The second kappa shape index (κ2) is 6.48. The lowest BCUT2D eigenvalue weighted by molar-refractivity contribution is 0.0935. The minimum absolute atomic E-state index is 0.0230. The predicted octanol–water partition coefficient (Wildman–Crippen LogP) is 3.72. The number of hydrogen-bond donors (Lipinski definition) is 2. The highest BCUT2D eigenvalue weighted by Gasteiger charge is 2.18. The quantitative estimate of drug-likeness (QED) is 0.902. The van der Waals surface area contributed by atoms with Crippen LogP contribution in [0.1, 0.15) is 65.1 Å². The van der Waals surface area contributed by atoms with Crippen molar-refractivity contribution in [2.45, 2.75) is 45.1 Å². The van der Waals surface area contributed by atoms with E-state index >= 15 is 0 Å². The van der Waals surface area contributed by atoms with Gasteiger partial charge in [0.2, 0.25) is 0 Å². The third-order valence-electron chi connectivity index (χ3n) is 4.29. The van der Waals surface area contributed by atoms with E-state index in [4.69, 9.17) is 0 Å². The summed E-state index contributed by atoms with van der Waals surface area (Å²) in [6.07, 6.45) is 1.94. The Hall–Kier alpha value is -2.24. The molecular formula is C17H19F2N3O. The molecule has 0 aliphatic heterocycles. The van der Waals surface area contributed by atoms with Gasteiger partial charge < -0.3 is 5.32 Å². The Labute approximate surface area is 133 Å². The molecule has 6 heteroatoms. The summed E-state index contributed by atoms with van der Waals surface area (Å²) in [6, 6.07) is 7.15. The van der Waals surface area contributed by atoms with E-state index in [9.17, 15) is 13.6 Å². The van der Waals surface area contributed by atoms with Crippen LogP contribution in [0.25, 0.3) is 0 Å². The van der Waals surface area contributed by atoms with Crippen LogP contribution < -0.4 is 5.32 Å². The number of carbonyl (C=O) groups excluding carboxylic acids is 1. The molecule has 23 heavy (non-hydrogen) atoms. The van der Waals surface area contributed by atoms with Crippen LogP contribution in [0.2, 0.25) is 0 Å². The predicted molar refractivity (Wildman–Crippen MR) is 82.5 cm³/mol. The first kappa shape index (κ1) is 15.6. The van der Waals surface area contributed by atoms with Gasteiger partial charge in [-0.15, -0.1) is 0 Å². The zero-order valence-electron chi connectivity index (χ0n) is 12.9. The fourth-order valence-corrected chi connectivity index (χ4v) is 2.94. The Kier molecular flexibility index (Phi) is 4.41. The summed E-state index contributed by atoms with van der Waals surface area (Å²) in [5.41, 5.74) is 3.37. The minimum atomic E-state index is -2.66. The largest absolute Gasteiger partial charge is 0.344 e. The number of nitrogens with one attached hydrogen (secondary N) is 2. The van der Waals surface area contributed by atoms with E-state index in [2.05, 4.69) is 27.6 Å². The molecule has 4 nitrogen and oxygen atoms in total. The number of hydrogen-bond acceptors (Lipinski definition) is 2. The number of H-pyrrole nitrogens is 1. The average molecular weight is 319 g/mol. The summed E-state index contributed by atoms with van der Waals surface area (Å²) >= 11 is 0. The van der Waals surface area contributed by atoms with Gasteiger partial charge in [0.1, 0.15) is 11.4 Å². The summed E-state index contributed by atoms with van der Waals surface area (Å²) in [4.78, 5) is 12.1. The van der Waals surface area contributed by atoms with Crippen LogP contribution in [0.15, 0.2) is 24.3 Å². The average Bonchev–Trinajstić information content (AvgIpc) is 3.04. The van der Waals surface area contributed by atoms with Gasteiger partial charge in [-0.25, -0.2) is 8.78 Å². The number of aromatic amines is 1. The molecule has 0 fully saturated rings. The molecule has 1 aromatic carbocycles. The molecule has 2 aromatic rings. The van der Waals surface area contributed by atoms with Crippen molar-refractivity contribution in [1.82, 2.24) is 15.5 Å². The molecule has 1 heterocycles. The highest BCUT2D eigenvalue weighted by molar-refractivity contribution is 5.92. The number of alkyl halides is 2. The summed E-state index contributed by atoms with van der Waals surface area (Å²) in [5, 5.41) is 8.62. The monoisotopic (exact) mass is 319 g/mol. The number of aromatic nitrogens is 2. The summed E-state index contributed by atoms with van der Waals surface area (Å²) in [5.74, 6) is -0.460. The molecule has 0 radical (unpaired) electrons. The van der Waals surface area contributed by atoms with Gasteiger partial charge >= 0.3 is 0 Å². The van der Waals surface area contributed by atoms with Crippen molar-refractivity contribution in [3.05, 3.63) is 52.3 Å². The van der Waals surface area contributed by atoms with E-state index in [-0.39, 0.29) is 17.4 Å². The number of halogens is 2. The van der Waals surface area contributed by atoms with Gasteiger partial charge in [0.25, 0.3) is 12.3 Å². The molecule has 122 valence electrons. The maximum absolute atomic E-state index is 12.5. The van der Waals surface area contributed by atoms with Gasteiger partial charge in [-0.3, -0.25) is 9.89 Å². The van der Waals surface area contributed by atoms with Crippen molar-refractivity contribution in [3.8, 4) is 0 Å². The van der Waals surface area contributed by atoms with Crippen LogP contribution in [0.3, 0.4) is 0 Å². The van der Waals surface area contributed by atoms with Crippen LogP contribution in [-0.2, 0) is 12.8 Å². The smallest absolute Gasteiger partial charge is 0.279 e. The van der Waals surface area contributed by atoms with Crippen LogP contribution in [0.4, 0.5) is 8.78 Å². The summed E-state index contributed by atoms with van der Waals surface area (Å²) in [7, 11) is 0. The van der Waals surface area contributed by atoms with Crippen LogP contribution in [-0.4, -0.2) is 16.1 Å². The van der Waals surface area contributed by atoms with Gasteiger partial charge in [0.05, 0.1) is 6.04 Å². The lowest BCUT2D eigenvalue weighted by atomic mass is 9.89. The fraction of sp³-hybridized carbons (Fsp3) is 0.412. The lowest BCUT2D eigenvalue weighted by Gasteiger charge is -2.19. The summed E-state index contributed by atoms with van der Waals surface area (Å²) in [6.45, 7) is 1.88. The molecule has 2 N–H and O–H groups in total.